The summed E-state index contributed by atoms with van der Waals surface area (Å²) in [6.45, 7) is 0.471. The number of rotatable bonds is 5. The molecule has 0 spiro atoms. The number of nitrogens with zero attached hydrogens (tertiary/aromatic N) is 2. The van der Waals surface area contributed by atoms with Crippen molar-refractivity contribution in [3.63, 3.8) is 0 Å². The lowest BCUT2D eigenvalue weighted by molar-refractivity contribution is -0.140. The summed E-state index contributed by atoms with van der Waals surface area (Å²) in [4.78, 5) is 26.3. The van der Waals surface area contributed by atoms with Crippen LogP contribution >= 0.6 is 45.2 Å². The average Bonchev–Trinajstić information content (AvgIpc) is 3.66. The van der Waals surface area contributed by atoms with Crippen molar-refractivity contribution < 1.29 is 14.3 Å². The van der Waals surface area contributed by atoms with Gasteiger partial charge in [0.15, 0.2) is 0 Å². The molecule has 0 unspecified atom stereocenters. The first-order chi connectivity index (χ1) is 17.5. The molecule has 7 heteroatoms. The van der Waals surface area contributed by atoms with Gasteiger partial charge >= 0.3 is 0 Å². The Kier molecular flexibility index (Phi) is 5.50. The van der Waals surface area contributed by atoms with E-state index in [-0.39, 0.29) is 35.5 Å². The zero-order chi connectivity index (χ0) is 24.6. The summed E-state index contributed by atoms with van der Waals surface area (Å²) in [6, 6.07) is 18.5. The van der Waals surface area contributed by atoms with Crippen LogP contribution in [0.4, 0.5) is 0 Å². The van der Waals surface area contributed by atoms with Gasteiger partial charge in [0.25, 0.3) is 11.8 Å². The van der Waals surface area contributed by atoms with Gasteiger partial charge in [-0.25, -0.2) is 0 Å². The molecule has 4 aliphatic carbocycles. The van der Waals surface area contributed by atoms with Crippen LogP contribution in [0.3, 0.4) is 0 Å². The molecule has 5 aliphatic rings. The Morgan fingerprint density at radius 2 is 1.56 bits per heavy atom. The molecule has 0 radical (unpaired) electrons. The maximum absolute atomic E-state index is 13.2. The third-order valence-electron chi connectivity index (χ3n) is 8.23. The van der Waals surface area contributed by atoms with E-state index in [1.807, 2.05) is 24.3 Å². The van der Waals surface area contributed by atoms with E-state index in [1.54, 1.807) is 6.21 Å². The van der Waals surface area contributed by atoms with Crippen LogP contribution < -0.4 is 4.74 Å². The van der Waals surface area contributed by atoms with Crippen LogP contribution in [0.1, 0.15) is 17.5 Å². The molecule has 6 atom stereocenters. The fourth-order valence-corrected chi connectivity index (χ4v) is 8.67. The number of carbonyl (C=O) groups is 2. The number of amides is 2. The second-order valence-electron chi connectivity index (χ2n) is 10.1. The molecule has 2 saturated carbocycles. The summed E-state index contributed by atoms with van der Waals surface area (Å²) in [7, 11) is 0. The molecule has 8 rings (SSSR count). The van der Waals surface area contributed by atoms with E-state index in [4.69, 9.17) is 4.74 Å². The van der Waals surface area contributed by atoms with Gasteiger partial charge in [-0.15, -0.1) is 0 Å². The molecule has 1 heterocycles. The van der Waals surface area contributed by atoms with E-state index in [0.717, 1.165) is 35.4 Å². The molecular formula is C29H22I2N2O3. The predicted molar refractivity (Wildman–Crippen MR) is 154 cm³/mol. The summed E-state index contributed by atoms with van der Waals surface area (Å²) in [5, 5.41) is 7.91. The summed E-state index contributed by atoms with van der Waals surface area (Å²) in [5.41, 5.74) is 1.97. The van der Waals surface area contributed by atoms with Crippen LogP contribution in [0, 0.1) is 42.6 Å². The molecule has 3 aromatic carbocycles. The largest absolute Gasteiger partial charge is 0.487 e. The maximum atomic E-state index is 13.2. The average molecular weight is 700 g/mol. The van der Waals surface area contributed by atoms with Crippen molar-refractivity contribution >= 4 is 74.0 Å². The molecule has 1 aliphatic heterocycles. The van der Waals surface area contributed by atoms with Crippen LogP contribution in [0.25, 0.3) is 10.8 Å². The molecule has 2 bridgehead atoms. The number of hydrazone groups is 1. The number of benzene rings is 3. The highest BCUT2D eigenvalue weighted by Crippen LogP contribution is 2.65. The molecule has 36 heavy (non-hydrogen) atoms. The number of halogens is 2. The van der Waals surface area contributed by atoms with Gasteiger partial charge in [0.1, 0.15) is 12.4 Å². The minimum Gasteiger partial charge on any atom is -0.487 e. The highest BCUT2D eigenvalue weighted by atomic mass is 127. The van der Waals surface area contributed by atoms with Gasteiger partial charge in [-0.2, -0.15) is 10.1 Å². The minimum absolute atomic E-state index is 0.134. The van der Waals surface area contributed by atoms with E-state index in [9.17, 15) is 9.59 Å². The van der Waals surface area contributed by atoms with Crippen molar-refractivity contribution in [3.8, 4) is 5.75 Å². The van der Waals surface area contributed by atoms with Crippen molar-refractivity contribution in [2.75, 3.05) is 0 Å². The van der Waals surface area contributed by atoms with Gasteiger partial charge in [0, 0.05) is 0 Å². The molecule has 180 valence electrons. The Morgan fingerprint density at radius 3 is 2.25 bits per heavy atom. The second kappa shape index (κ2) is 8.65. The van der Waals surface area contributed by atoms with E-state index in [1.165, 1.54) is 10.8 Å². The highest BCUT2D eigenvalue weighted by molar-refractivity contribution is 14.1. The van der Waals surface area contributed by atoms with Gasteiger partial charge in [0.2, 0.25) is 0 Å². The predicted octanol–water partition coefficient (Wildman–Crippen LogP) is 6.02. The van der Waals surface area contributed by atoms with Crippen LogP contribution in [-0.2, 0) is 16.2 Å². The maximum Gasteiger partial charge on any atom is 0.254 e. The molecule has 3 aromatic rings. The van der Waals surface area contributed by atoms with Gasteiger partial charge < -0.3 is 4.74 Å². The van der Waals surface area contributed by atoms with Crippen molar-refractivity contribution in [1.82, 2.24) is 5.01 Å². The second-order valence-corrected chi connectivity index (χ2v) is 12.5. The van der Waals surface area contributed by atoms with Crippen molar-refractivity contribution in [2.45, 2.75) is 13.0 Å². The molecular weight excluding hydrogens is 678 g/mol. The zero-order valence-electron chi connectivity index (χ0n) is 19.2. The summed E-state index contributed by atoms with van der Waals surface area (Å²) in [5.74, 6) is 1.71. The van der Waals surface area contributed by atoms with Gasteiger partial charge in [-0.1, -0.05) is 54.6 Å². The lowest BCUT2D eigenvalue weighted by Crippen LogP contribution is -2.40. The van der Waals surface area contributed by atoms with Gasteiger partial charge in [-0.05, 0) is 109 Å². The van der Waals surface area contributed by atoms with Gasteiger partial charge in [0.05, 0.1) is 25.2 Å². The Labute approximate surface area is 236 Å². The van der Waals surface area contributed by atoms with Crippen molar-refractivity contribution in [2.24, 2.45) is 40.6 Å². The molecule has 0 aromatic heterocycles. The lowest BCUT2D eigenvalue weighted by Gasteiger charge is -2.37. The molecule has 1 saturated heterocycles. The van der Waals surface area contributed by atoms with Crippen molar-refractivity contribution in [1.29, 1.82) is 0 Å². The fraction of sp³-hybridized carbons (Fsp3) is 0.276. The monoisotopic (exact) mass is 700 g/mol. The highest BCUT2D eigenvalue weighted by Gasteiger charge is 2.67. The summed E-state index contributed by atoms with van der Waals surface area (Å²) < 4.78 is 8.16. The first-order valence-corrected chi connectivity index (χ1v) is 14.4. The van der Waals surface area contributed by atoms with Crippen LogP contribution in [0.15, 0.2) is 71.9 Å². The third-order valence-corrected chi connectivity index (χ3v) is 9.84. The summed E-state index contributed by atoms with van der Waals surface area (Å²) >= 11 is 4.54. The number of ether oxygens (including phenoxy) is 1. The van der Waals surface area contributed by atoms with E-state index in [2.05, 4.69) is 92.8 Å². The van der Waals surface area contributed by atoms with Crippen LogP contribution in [-0.4, -0.2) is 23.0 Å². The van der Waals surface area contributed by atoms with Crippen LogP contribution in [0.5, 0.6) is 5.75 Å². The Hall–Kier alpha value is -2.27. The number of fused-ring (bicyclic) bond motifs is 1. The number of allylic oxidation sites excluding steroid dienone is 2. The summed E-state index contributed by atoms with van der Waals surface area (Å²) in [6.07, 6.45) is 7.15. The molecule has 0 N–H and O–H groups in total. The number of carbonyl (C=O) groups excluding carboxylic acids is 2. The minimum atomic E-state index is -0.224. The standard InChI is InChI=1S/C29H22I2N2O3/c30-23-10-15(11-24(31)27(23)36-14-17-6-3-5-16-4-1-2-7-18(16)17)13-32-33-28(34)25-19-8-9-20(22-12-21(19)22)26(25)29(33)35/h1-11,13,19-22,25-26H,12,14H2/b32-13+/t19-,20-,21-,22-,25+,26+/m1/s1. The van der Waals surface area contributed by atoms with E-state index in [0.29, 0.717) is 18.4 Å². The Balaban J connectivity index is 1.09. The molecule has 3 fully saturated rings. The first kappa shape index (κ1) is 22.9. The topological polar surface area (TPSA) is 59.0 Å². The van der Waals surface area contributed by atoms with Crippen molar-refractivity contribution in [3.05, 3.63) is 85.0 Å². The van der Waals surface area contributed by atoms with Crippen LogP contribution in [0.2, 0.25) is 0 Å². The SMILES string of the molecule is O=C1[C@H]2[C@@H]3C=C[C@H]([C@H]4C[C@H]34)[C@@H]2C(=O)N1/N=C/c1cc(I)c(OCc2cccc3ccccc23)c(I)c1. The number of imide groups is 1. The number of hydrogen-bond acceptors (Lipinski definition) is 4. The smallest absolute Gasteiger partial charge is 0.254 e. The van der Waals surface area contributed by atoms with E-state index < -0.39 is 0 Å². The molecule has 2 amide bonds. The Morgan fingerprint density at radius 1 is 0.917 bits per heavy atom. The third kappa shape index (κ3) is 3.56. The Bertz CT molecular complexity index is 1430. The zero-order valence-corrected chi connectivity index (χ0v) is 23.5. The number of hydrogen-bond donors (Lipinski definition) is 0. The fourth-order valence-electron chi connectivity index (χ4n) is 6.54. The molecule has 5 nitrogen and oxygen atoms in total. The van der Waals surface area contributed by atoms with Gasteiger partial charge in [-0.3, -0.25) is 9.59 Å². The lowest BCUT2D eigenvalue weighted by atomic mass is 9.63. The quantitative estimate of drug-likeness (QED) is 0.142. The first-order valence-electron chi connectivity index (χ1n) is 12.2. The normalized spacial score (nSPS) is 29.8. The van der Waals surface area contributed by atoms with E-state index >= 15 is 0 Å².